The maximum Gasteiger partial charge on any atom is 0.416 e. The van der Waals surface area contributed by atoms with E-state index < -0.39 is 21.8 Å². The molecule has 3 aromatic carbocycles. The van der Waals surface area contributed by atoms with Gasteiger partial charge in [-0.1, -0.05) is 18.2 Å². The predicted molar refractivity (Wildman–Crippen MR) is 111 cm³/mol. The van der Waals surface area contributed by atoms with Gasteiger partial charge in [0.2, 0.25) is 0 Å². The highest BCUT2D eigenvalue weighted by Crippen LogP contribution is 2.32. The van der Waals surface area contributed by atoms with Gasteiger partial charge in [0.05, 0.1) is 36.9 Å². The van der Waals surface area contributed by atoms with Gasteiger partial charge in [-0.3, -0.25) is 4.31 Å². The summed E-state index contributed by atoms with van der Waals surface area (Å²) in [6.45, 7) is -0.167. The van der Waals surface area contributed by atoms with Crippen molar-refractivity contribution in [2.45, 2.75) is 17.6 Å². The van der Waals surface area contributed by atoms with Crippen LogP contribution in [0.5, 0.6) is 11.5 Å². The molecule has 0 fully saturated rings. The fourth-order valence-corrected chi connectivity index (χ4v) is 4.37. The fraction of sp³-hybridized carbons (Fsp3) is 0.182. The van der Waals surface area contributed by atoms with E-state index in [0.717, 1.165) is 16.4 Å². The Bertz CT molecular complexity index is 1130. The molecule has 164 valence electrons. The molecular weight excluding hydrogens is 431 g/mol. The van der Waals surface area contributed by atoms with E-state index in [2.05, 4.69) is 0 Å². The van der Waals surface area contributed by atoms with Crippen LogP contribution in [0.1, 0.15) is 11.1 Å². The number of nitrogens with zero attached hydrogens (tertiary/aromatic N) is 1. The Morgan fingerprint density at radius 3 is 2.00 bits per heavy atom. The molecule has 9 heteroatoms. The standard InChI is InChI=1S/C22H20F3NO4S/c1-29-19-10-12-21(13-11-19)31(27,28)26(18-4-3-5-20(14-18)30-2)15-16-6-8-17(9-7-16)22(23,24)25/h3-14H,15H2,1-2H3. The third-order valence-electron chi connectivity index (χ3n) is 4.60. The van der Waals surface area contributed by atoms with Gasteiger partial charge in [-0.25, -0.2) is 8.42 Å². The topological polar surface area (TPSA) is 55.8 Å². The fourth-order valence-electron chi connectivity index (χ4n) is 2.92. The first-order valence-electron chi connectivity index (χ1n) is 9.12. The second-order valence-electron chi connectivity index (χ2n) is 6.58. The van der Waals surface area contributed by atoms with Crippen molar-refractivity contribution in [3.05, 3.63) is 83.9 Å². The molecule has 0 amide bonds. The lowest BCUT2D eigenvalue weighted by molar-refractivity contribution is -0.137. The average molecular weight is 451 g/mol. The van der Waals surface area contributed by atoms with Gasteiger partial charge >= 0.3 is 6.18 Å². The third kappa shape index (κ3) is 5.11. The number of benzene rings is 3. The molecule has 0 spiro atoms. The smallest absolute Gasteiger partial charge is 0.416 e. The predicted octanol–water partition coefficient (Wildman–Crippen LogP) is 5.12. The first-order chi connectivity index (χ1) is 14.6. The highest BCUT2D eigenvalue weighted by atomic mass is 32.2. The van der Waals surface area contributed by atoms with Gasteiger partial charge in [0, 0.05) is 6.07 Å². The summed E-state index contributed by atoms with van der Waals surface area (Å²) in [7, 11) is -1.12. The van der Waals surface area contributed by atoms with Crippen molar-refractivity contribution >= 4 is 15.7 Å². The van der Waals surface area contributed by atoms with Gasteiger partial charge in [-0.15, -0.1) is 0 Å². The van der Waals surface area contributed by atoms with Crippen molar-refractivity contribution < 1.29 is 31.1 Å². The summed E-state index contributed by atoms with van der Waals surface area (Å²) in [6, 6.07) is 16.7. The molecule has 0 saturated heterocycles. The van der Waals surface area contributed by atoms with Crippen molar-refractivity contribution in [3.8, 4) is 11.5 Å². The molecule has 0 aliphatic heterocycles. The normalized spacial score (nSPS) is 11.8. The summed E-state index contributed by atoms with van der Waals surface area (Å²) in [5, 5.41) is 0. The Kier molecular flexibility index (Phi) is 6.45. The average Bonchev–Trinajstić information content (AvgIpc) is 2.77. The van der Waals surface area contributed by atoms with E-state index in [-0.39, 0.29) is 11.4 Å². The summed E-state index contributed by atoms with van der Waals surface area (Å²) >= 11 is 0. The van der Waals surface area contributed by atoms with Crippen LogP contribution in [0.2, 0.25) is 0 Å². The maximum atomic E-state index is 13.4. The first-order valence-corrected chi connectivity index (χ1v) is 10.6. The summed E-state index contributed by atoms with van der Waals surface area (Å²) in [6.07, 6.45) is -4.47. The van der Waals surface area contributed by atoms with E-state index in [4.69, 9.17) is 9.47 Å². The molecule has 0 bridgehead atoms. The van der Waals surface area contributed by atoms with Gasteiger partial charge < -0.3 is 9.47 Å². The SMILES string of the molecule is COc1ccc(S(=O)(=O)N(Cc2ccc(C(F)(F)F)cc2)c2cccc(OC)c2)cc1. The molecule has 0 heterocycles. The Morgan fingerprint density at radius 2 is 1.45 bits per heavy atom. The lowest BCUT2D eigenvalue weighted by Gasteiger charge is -2.25. The van der Waals surface area contributed by atoms with Crippen molar-refractivity contribution in [3.63, 3.8) is 0 Å². The minimum atomic E-state index is -4.47. The van der Waals surface area contributed by atoms with E-state index in [0.29, 0.717) is 22.7 Å². The van der Waals surface area contributed by atoms with Crippen LogP contribution in [0.15, 0.2) is 77.7 Å². The number of anilines is 1. The second kappa shape index (κ2) is 8.89. The van der Waals surface area contributed by atoms with Gasteiger partial charge in [-0.2, -0.15) is 13.2 Å². The Balaban J connectivity index is 2.04. The van der Waals surface area contributed by atoms with Crippen molar-refractivity contribution in [1.82, 2.24) is 0 Å². The van der Waals surface area contributed by atoms with Crippen LogP contribution in [-0.2, 0) is 22.7 Å². The summed E-state index contributed by atoms with van der Waals surface area (Å²) < 4.78 is 76.9. The number of rotatable bonds is 7. The van der Waals surface area contributed by atoms with Crippen molar-refractivity contribution in [2.24, 2.45) is 0 Å². The van der Waals surface area contributed by atoms with Crippen LogP contribution in [0.3, 0.4) is 0 Å². The Labute approximate surface area is 178 Å². The molecule has 3 rings (SSSR count). The molecule has 0 unspecified atom stereocenters. The van der Waals surface area contributed by atoms with Crippen LogP contribution < -0.4 is 13.8 Å². The molecule has 0 aliphatic rings. The zero-order valence-corrected chi connectivity index (χ0v) is 17.6. The van der Waals surface area contributed by atoms with Crippen LogP contribution in [-0.4, -0.2) is 22.6 Å². The van der Waals surface area contributed by atoms with E-state index in [1.54, 1.807) is 24.3 Å². The largest absolute Gasteiger partial charge is 0.497 e. The van der Waals surface area contributed by atoms with Gasteiger partial charge in [-0.05, 0) is 54.1 Å². The molecule has 0 atom stereocenters. The van der Waals surface area contributed by atoms with Crippen LogP contribution in [0.25, 0.3) is 0 Å². The Hall–Kier alpha value is -3.20. The van der Waals surface area contributed by atoms with Crippen LogP contribution in [0.4, 0.5) is 18.9 Å². The van der Waals surface area contributed by atoms with Crippen molar-refractivity contribution in [1.29, 1.82) is 0 Å². The molecule has 3 aromatic rings. The van der Waals surface area contributed by atoms with Crippen LogP contribution >= 0.6 is 0 Å². The van der Waals surface area contributed by atoms with Gasteiger partial charge in [0.15, 0.2) is 0 Å². The number of ether oxygens (including phenoxy) is 2. The number of hydrogen-bond acceptors (Lipinski definition) is 4. The number of hydrogen-bond donors (Lipinski definition) is 0. The number of halogens is 3. The van der Waals surface area contributed by atoms with Gasteiger partial charge in [0.1, 0.15) is 11.5 Å². The molecule has 0 N–H and O–H groups in total. The first kappa shape index (κ1) is 22.5. The zero-order valence-electron chi connectivity index (χ0n) is 16.8. The highest BCUT2D eigenvalue weighted by molar-refractivity contribution is 7.92. The second-order valence-corrected chi connectivity index (χ2v) is 8.45. The van der Waals surface area contributed by atoms with E-state index in [1.807, 2.05) is 0 Å². The molecule has 5 nitrogen and oxygen atoms in total. The zero-order chi connectivity index (χ0) is 22.6. The van der Waals surface area contributed by atoms with E-state index in [1.165, 1.54) is 50.6 Å². The van der Waals surface area contributed by atoms with Gasteiger partial charge in [0.25, 0.3) is 10.0 Å². The van der Waals surface area contributed by atoms with Crippen LogP contribution in [0, 0.1) is 0 Å². The summed E-state index contributed by atoms with van der Waals surface area (Å²) in [4.78, 5) is 0.0167. The molecule has 0 aromatic heterocycles. The molecular formula is C22H20F3NO4S. The minimum Gasteiger partial charge on any atom is -0.497 e. The third-order valence-corrected chi connectivity index (χ3v) is 6.38. The maximum absolute atomic E-state index is 13.4. The lowest BCUT2D eigenvalue weighted by atomic mass is 10.1. The molecule has 0 saturated carbocycles. The summed E-state index contributed by atoms with van der Waals surface area (Å²) in [5.41, 5.74) is -0.0924. The number of alkyl halides is 3. The number of methoxy groups -OCH3 is 2. The lowest BCUT2D eigenvalue weighted by Crippen LogP contribution is -2.30. The molecule has 31 heavy (non-hydrogen) atoms. The quantitative estimate of drug-likeness (QED) is 0.501. The monoisotopic (exact) mass is 451 g/mol. The highest BCUT2D eigenvalue weighted by Gasteiger charge is 2.30. The summed E-state index contributed by atoms with van der Waals surface area (Å²) in [5.74, 6) is 0.939. The van der Waals surface area contributed by atoms with E-state index >= 15 is 0 Å². The molecule has 0 radical (unpaired) electrons. The Morgan fingerprint density at radius 1 is 0.839 bits per heavy atom. The minimum absolute atomic E-state index is 0.0167. The number of sulfonamides is 1. The van der Waals surface area contributed by atoms with Crippen molar-refractivity contribution in [2.75, 3.05) is 18.5 Å². The molecule has 0 aliphatic carbocycles. The van der Waals surface area contributed by atoms with E-state index in [9.17, 15) is 21.6 Å².